The standard InChI is InChI=1S/C31H32N5PS/c1-20-16-17-21(2)25(18-20)34-37(38)27(29-31(4,5)24-14-10-11-15-26(24)35(29)6)19-32-30-28(37)22(3)33-36(30)23-12-8-7-9-13-23/h7-19H,1-6H3,(H,34,38)/b29-27-. The predicted octanol–water partition coefficient (Wildman–Crippen LogP) is 7.28. The molecule has 3 heterocycles. The van der Waals surface area contributed by atoms with Gasteiger partial charge in [-0.25, -0.2) is 9.67 Å². The van der Waals surface area contributed by atoms with E-state index in [0.29, 0.717) is 0 Å². The Labute approximate surface area is 230 Å². The first-order valence-corrected chi connectivity index (χ1v) is 15.7. The number of aromatic nitrogens is 2. The van der Waals surface area contributed by atoms with Crippen LogP contribution >= 0.6 is 6.19 Å². The second-order valence-electron chi connectivity index (χ2n) is 10.7. The Morgan fingerprint density at radius 3 is 2.37 bits per heavy atom. The van der Waals surface area contributed by atoms with Gasteiger partial charge in [-0.1, -0.05) is 74.2 Å². The van der Waals surface area contributed by atoms with Crippen LogP contribution in [-0.4, -0.2) is 23.0 Å². The third-order valence-corrected chi connectivity index (χ3v) is 11.9. The van der Waals surface area contributed by atoms with Crippen LogP contribution in [0.3, 0.4) is 0 Å². The molecule has 0 bridgehead atoms. The molecule has 0 saturated carbocycles. The molecule has 6 rings (SSSR count). The van der Waals surface area contributed by atoms with Gasteiger partial charge in [-0.15, -0.1) is 0 Å². The van der Waals surface area contributed by atoms with Gasteiger partial charge in [0.15, 0.2) is 5.82 Å². The van der Waals surface area contributed by atoms with Crippen molar-refractivity contribution in [1.29, 1.82) is 0 Å². The molecule has 0 fully saturated rings. The topological polar surface area (TPSA) is 45.4 Å². The van der Waals surface area contributed by atoms with Crippen molar-refractivity contribution in [1.82, 2.24) is 9.78 Å². The van der Waals surface area contributed by atoms with Crippen LogP contribution in [0.15, 0.2) is 88.8 Å². The fraction of sp³-hybridized carbons (Fsp3) is 0.226. The summed E-state index contributed by atoms with van der Waals surface area (Å²) in [5.41, 5.74) is 8.79. The number of benzene rings is 3. The molecule has 7 heteroatoms. The van der Waals surface area contributed by atoms with Crippen LogP contribution in [0.5, 0.6) is 0 Å². The van der Waals surface area contributed by atoms with Crippen LogP contribution in [0.2, 0.25) is 0 Å². The Morgan fingerprint density at radius 1 is 0.921 bits per heavy atom. The fourth-order valence-electron chi connectivity index (χ4n) is 5.87. The van der Waals surface area contributed by atoms with E-state index >= 15 is 0 Å². The lowest BCUT2D eigenvalue weighted by atomic mass is 9.84. The highest BCUT2D eigenvalue weighted by Crippen LogP contribution is 2.62. The summed E-state index contributed by atoms with van der Waals surface area (Å²) in [5.74, 6) is 0.815. The number of fused-ring (bicyclic) bond motifs is 2. The summed E-state index contributed by atoms with van der Waals surface area (Å²) < 4.78 is 1.94. The molecule has 5 nitrogen and oxygen atoms in total. The second kappa shape index (κ2) is 8.79. The molecular formula is C31H32N5PS. The van der Waals surface area contributed by atoms with E-state index in [-0.39, 0.29) is 5.41 Å². The average molecular weight is 538 g/mol. The average Bonchev–Trinajstić information content (AvgIpc) is 3.34. The minimum atomic E-state index is -2.63. The second-order valence-corrected chi connectivity index (χ2v) is 14.8. The number of likely N-dealkylation sites (N-methyl/N-ethyl adjacent to an activating group) is 1. The van der Waals surface area contributed by atoms with Crippen molar-refractivity contribution in [2.45, 2.75) is 40.0 Å². The van der Waals surface area contributed by atoms with Crippen LogP contribution in [0.4, 0.5) is 17.2 Å². The smallest absolute Gasteiger partial charge is 0.166 e. The molecule has 38 heavy (non-hydrogen) atoms. The zero-order valence-electron chi connectivity index (χ0n) is 22.6. The van der Waals surface area contributed by atoms with Gasteiger partial charge >= 0.3 is 0 Å². The number of anilines is 2. The third-order valence-electron chi connectivity index (χ3n) is 7.75. The minimum absolute atomic E-state index is 0.235. The van der Waals surface area contributed by atoms with Gasteiger partial charge in [-0.2, -0.15) is 5.10 Å². The number of nitrogens with one attached hydrogen (secondary N) is 1. The Hall–Kier alpha value is -3.47. The van der Waals surface area contributed by atoms with E-state index in [1.54, 1.807) is 0 Å². The maximum Gasteiger partial charge on any atom is 0.166 e. The normalized spacial score (nSPS) is 21.4. The molecule has 1 unspecified atom stereocenters. The number of nitrogens with zero attached hydrogens (tertiary/aromatic N) is 4. The van der Waals surface area contributed by atoms with Crippen LogP contribution in [-0.2, 0) is 17.2 Å². The Morgan fingerprint density at radius 2 is 1.63 bits per heavy atom. The molecule has 0 spiro atoms. The molecular weight excluding hydrogens is 505 g/mol. The van der Waals surface area contributed by atoms with E-state index in [2.05, 4.69) is 106 Å². The molecule has 3 aromatic carbocycles. The number of rotatable bonds is 3. The Balaban J connectivity index is 1.65. The van der Waals surface area contributed by atoms with Crippen LogP contribution in [0.1, 0.15) is 36.2 Å². The van der Waals surface area contributed by atoms with E-state index < -0.39 is 6.19 Å². The first kappa shape index (κ1) is 24.8. The lowest BCUT2D eigenvalue weighted by Gasteiger charge is -2.35. The highest BCUT2D eigenvalue weighted by atomic mass is 32.4. The number of hydrogen-bond acceptors (Lipinski definition) is 4. The van der Waals surface area contributed by atoms with Crippen molar-refractivity contribution in [2.24, 2.45) is 4.99 Å². The first-order valence-electron chi connectivity index (χ1n) is 12.9. The van der Waals surface area contributed by atoms with E-state index in [4.69, 9.17) is 21.9 Å². The number of allylic oxidation sites excluding steroid dienone is 2. The van der Waals surface area contributed by atoms with Crippen molar-refractivity contribution in [3.05, 3.63) is 106 Å². The van der Waals surface area contributed by atoms with Crippen molar-refractivity contribution >= 4 is 46.7 Å². The fourth-order valence-corrected chi connectivity index (χ4v) is 10.1. The van der Waals surface area contributed by atoms with E-state index in [1.807, 2.05) is 29.1 Å². The minimum Gasteiger partial charge on any atom is -0.350 e. The van der Waals surface area contributed by atoms with Crippen molar-refractivity contribution in [3.63, 3.8) is 0 Å². The summed E-state index contributed by atoms with van der Waals surface area (Å²) >= 11 is 6.84. The quantitative estimate of drug-likeness (QED) is 0.279. The third kappa shape index (κ3) is 3.62. The summed E-state index contributed by atoms with van der Waals surface area (Å²) in [6, 6.07) is 25.3. The molecule has 1 atom stereocenters. The van der Waals surface area contributed by atoms with Gasteiger partial charge in [0, 0.05) is 41.1 Å². The summed E-state index contributed by atoms with van der Waals surface area (Å²) in [5, 5.41) is 11.0. The van der Waals surface area contributed by atoms with Crippen molar-refractivity contribution in [2.75, 3.05) is 17.0 Å². The van der Waals surface area contributed by atoms with Gasteiger partial charge in [0.25, 0.3) is 0 Å². The Kier molecular flexibility index (Phi) is 5.75. The summed E-state index contributed by atoms with van der Waals surface area (Å²) in [6.45, 7) is 10.9. The zero-order valence-corrected chi connectivity index (χ0v) is 24.4. The molecule has 2 aliphatic heterocycles. The van der Waals surface area contributed by atoms with E-state index in [1.165, 1.54) is 28.1 Å². The lowest BCUT2D eigenvalue weighted by Crippen LogP contribution is -2.29. The highest BCUT2D eigenvalue weighted by molar-refractivity contribution is 8.21. The molecule has 0 saturated heterocycles. The van der Waals surface area contributed by atoms with Gasteiger partial charge in [-0.05, 0) is 61.7 Å². The number of hydrogen-bond donors (Lipinski definition) is 1. The van der Waals surface area contributed by atoms with E-state index in [0.717, 1.165) is 33.5 Å². The molecule has 4 aromatic rings. The molecule has 0 radical (unpaired) electrons. The summed E-state index contributed by atoms with van der Waals surface area (Å²) in [6.07, 6.45) is -0.611. The highest BCUT2D eigenvalue weighted by Gasteiger charge is 2.45. The molecule has 2 aliphatic rings. The van der Waals surface area contributed by atoms with Gasteiger partial charge in [0.1, 0.15) is 0 Å². The van der Waals surface area contributed by atoms with E-state index in [9.17, 15) is 0 Å². The van der Waals surface area contributed by atoms with Crippen molar-refractivity contribution in [3.8, 4) is 5.69 Å². The molecule has 192 valence electrons. The van der Waals surface area contributed by atoms with Gasteiger partial charge in [0.05, 0.1) is 22.9 Å². The van der Waals surface area contributed by atoms with Crippen LogP contribution < -0.4 is 15.3 Å². The van der Waals surface area contributed by atoms with Gasteiger partial charge in [-0.3, -0.25) is 0 Å². The summed E-state index contributed by atoms with van der Waals surface area (Å²) in [7, 11) is 2.15. The first-order chi connectivity index (χ1) is 18.1. The molecule has 1 N–H and O–H groups in total. The number of aryl methyl sites for hydroxylation is 3. The maximum absolute atomic E-state index is 6.84. The lowest BCUT2D eigenvalue weighted by molar-refractivity contribution is 0.639. The van der Waals surface area contributed by atoms with Gasteiger partial charge < -0.3 is 9.99 Å². The summed E-state index contributed by atoms with van der Waals surface area (Å²) in [4.78, 5) is 7.38. The molecule has 0 amide bonds. The zero-order chi connectivity index (χ0) is 26.8. The Bertz CT molecular complexity index is 1700. The number of aliphatic imine (C=N–C) groups is 1. The SMILES string of the molecule is Cc1ccc(C)c(NP2(=S)/C(=C3\N(C)c4ccccc4C3(C)C)C=Nc3c2c(C)nn3-c2ccccc2)c1. The number of para-hydroxylation sites is 2. The monoisotopic (exact) mass is 537 g/mol. The molecule has 0 aliphatic carbocycles. The predicted molar refractivity (Wildman–Crippen MR) is 165 cm³/mol. The van der Waals surface area contributed by atoms with Crippen LogP contribution in [0, 0.1) is 20.8 Å². The van der Waals surface area contributed by atoms with Crippen molar-refractivity contribution < 1.29 is 0 Å². The maximum atomic E-state index is 6.84. The van der Waals surface area contributed by atoms with Crippen LogP contribution in [0.25, 0.3) is 5.69 Å². The van der Waals surface area contributed by atoms with Gasteiger partial charge in [0.2, 0.25) is 0 Å². The molecule has 1 aromatic heterocycles. The largest absolute Gasteiger partial charge is 0.350 e.